The highest BCUT2D eigenvalue weighted by Crippen LogP contribution is 2.35. The lowest BCUT2D eigenvalue weighted by Gasteiger charge is -2.23. The number of fused-ring (bicyclic) bond motifs is 1. The second kappa shape index (κ2) is 8.02. The van der Waals surface area contributed by atoms with Crippen molar-refractivity contribution in [3.63, 3.8) is 0 Å². The van der Waals surface area contributed by atoms with Gasteiger partial charge in [0, 0.05) is 11.8 Å². The third kappa shape index (κ3) is 3.82. The molecule has 0 N–H and O–H groups in total. The molecule has 2 aliphatic heterocycles. The van der Waals surface area contributed by atoms with Gasteiger partial charge in [-0.3, -0.25) is 4.79 Å². The van der Waals surface area contributed by atoms with Crippen LogP contribution in [0.25, 0.3) is 0 Å². The number of ether oxygens (including phenoxy) is 3. The van der Waals surface area contributed by atoms with E-state index in [0.717, 1.165) is 5.56 Å². The fourth-order valence-corrected chi connectivity index (χ4v) is 6.13. The van der Waals surface area contributed by atoms with Crippen LogP contribution in [0.5, 0.6) is 11.5 Å². The van der Waals surface area contributed by atoms with Gasteiger partial charge in [-0.2, -0.15) is 4.31 Å². The van der Waals surface area contributed by atoms with Gasteiger partial charge in [-0.1, -0.05) is 30.3 Å². The molecular formula is C19H19NO6S2. The molecule has 2 aromatic rings. The summed E-state index contributed by atoms with van der Waals surface area (Å²) in [5.74, 6) is 0.913. The number of esters is 1. The number of hydrogen-bond donors (Lipinski definition) is 0. The minimum atomic E-state index is -3.87. The van der Waals surface area contributed by atoms with Crippen molar-refractivity contribution >= 4 is 27.8 Å². The van der Waals surface area contributed by atoms with E-state index in [0.29, 0.717) is 30.5 Å². The molecule has 148 valence electrons. The van der Waals surface area contributed by atoms with Gasteiger partial charge in [0.25, 0.3) is 0 Å². The first-order valence-corrected chi connectivity index (χ1v) is 11.3. The van der Waals surface area contributed by atoms with E-state index in [9.17, 15) is 13.2 Å². The van der Waals surface area contributed by atoms with Crippen molar-refractivity contribution in [1.29, 1.82) is 0 Å². The maximum Gasteiger partial charge on any atom is 0.325 e. The molecule has 0 spiro atoms. The van der Waals surface area contributed by atoms with Gasteiger partial charge in [0.05, 0.1) is 10.8 Å². The van der Waals surface area contributed by atoms with Crippen LogP contribution >= 0.6 is 11.8 Å². The van der Waals surface area contributed by atoms with Gasteiger partial charge in [0.1, 0.15) is 25.9 Å². The number of benzene rings is 2. The molecule has 0 unspecified atom stereocenters. The lowest BCUT2D eigenvalue weighted by atomic mass is 10.2. The molecule has 1 fully saturated rings. The van der Waals surface area contributed by atoms with E-state index in [2.05, 4.69) is 0 Å². The molecule has 0 amide bonds. The zero-order valence-corrected chi connectivity index (χ0v) is 16.6. The first-order chi connectivity index (χ1) is 13.6. The number of rotatable bonds is 5. The Kier molecular flexibility index (Phi) is 5.47. The Morgan fingerprint density at radius 2 is 1.86 bits per heavy atom. The Hall–Kier alpha value is -2.23. The average molecular weight is 421 g/mol. The van der Waals surface area contributed by atoms with E-state index >= 15 is 0 Å². The Labute approximate surface area is 167 Å². The molecule has 7 nitrogen and oxygen atoms in total. The fourth-order valence-electron chi connectivity index (χ4n) is 2.99. The molecule has 0 radical (unpaired) electrons. The maximum atomic E-state index is 13.1. The summed E-state index contributed by atoms with van der Waals surface area (Å²) >= 11 is 1.38. The number of sulfonamides is 1. The van der Waals surface area contributed by atoms with Crippen molar-refractivity contribution in [1.82, 2.24) is 4.31 Å². The Morgan fingerprint density at radius 3 is 2.64 bits per heavy atom. The van der Waals surface area contributed by atoms with Crippen LogP contribution in [0.2, 0.25) is 0 Å². The first-order valence-electron chi connectivity index (χ1n) is 8.75. The minimum Gasteiger partial charge on any atom is -0.486 e. The van der Waals surface area contributed by atoms with Crippen LogP contribution in [0.1, 0.15) is 5.56 Å². The van der Waals surface area contributed by atoms with Crippen LogP contribution in [0.4, 0.5) is 0 Å². The predicted molar refractivity (Wildman–Crippen MR) is 104 cm³/mol. The van der Waals surface area contributed by atoms with Gasteiger partial charge >= 0.3 is 5.97 Å². The van der Waals surface area contributed by atoms with Crippen molar-refractivity contribution in [3.05, 3.63) is 54.1 Å². The zero-order chi connectivity index (χ0) is 19.6. The van der Waals surface area contributed by atoms with Crippen LogP contribution in [-0.4, -0.2) is 49.6 Å². The van der Waals surface area contributed by atoms with Crippen molar-refractivity contribution in [2.75, 3.05) is 24.8 Å². The molecule has 2 aromatic carbocycles. The van der Waals surface area contributed by atoms with Crippen LogP contribution in [0, 0.1) is 0 Å². The molecule has 0 aliphatic carbocycles. The molecule has 9 heteroatoms. The molecule has 0 aromatic heterocycles. The van der Waals surface area contributed by atoms with Crippen molar-refractivity contribution < 1.29 is 27.4 Å². The van der Waals surface area contributed by atoms with Crippen LogP contribution in [0.3, 0.4) is 0 Å². The highest BCUT2D eigenvalue weighted by atomic mass is 32.2. The van der Waals surface area contributed by atoms with Crippen LogP contribution < -0.4 is 9.47 Å². The third-order valence-electron chi connectivity index (χ3n) is 4.46. The number of carbonyl (C=O) groups is 1. The summed E-state index contributed by atoms with van der Waals surface area (Å²) in [6, 6.07) is 12.9. The molecule has 1 saturated heterocycles. The second-order valence-electron chi connectivity index (χ2n) is 6.31. The molecule has 0 bridgehead atoms. The van der Waals surface area contributed by atoms with E-state index < -0.39 is 22.0 Å². The van der Waals surface area contributed by atoms with Crippen molar-refractivity contribution in [3.8, 4) is 11.5 Å². The number of hydrogen-bond acceptors (Lipinski definition) is 7. The standard InChI is InChI=1S/C19H19NO6S2/c21-19(26-11-14-4-2-1-3-5-14)16-12-27-13-20(16)28(22,23)15-6-7-17-18(10-15)25-9-8-24-17/h1-7,10,16H,8-9,11-13H2/t16-/m1/s1. The van der Waals surface area contributed by atoms with E-state index in [4.69, 9.17) is 14.2 Å². The van der Waals surface area contributed by atoms with Crippen LogP contribution in [0.15, 0.2) is 53.4 Å². The zero-order valence-electron chi connectivity index (χ0n) is 14.9. The van der Waals surface area contributed by atoms with E-state index in [-0.39, 0.29) is 17.4 Å². The lowest BCUT2D eigenvalue weighted by Crippen LogP contribution is -2.42. The fraction of sp³-hybridized carbons (Fsp3) is 0.316. The smallest absolute Gasteiger partial charge is 0.325 e. The summed E-state index contributed by atoms with van der Waals surface area (Å²) in [5.41, 5.74) is 0.850. The Balaban J connectivity index is 1.51. The summed E-state index contributed by atoms with van der Waals surface area (Å²) < 4.78 is 43.7. The molecule has 2 aliphatic rings. The monoisotopic (exact) mass is 421 g/mol. The number of nitrogens with zero attached hydrogens (tertiary/aromatic N) is 1. The van der Waals surface area contributed by atoms with Gasteiger partial charge < -0.3 is 14.2 Å². The summed E-state index contributed by atoms with van der Waals surface area (Å²) in [4.78, 5) is 12.6. The highest BCUT2D eigenvalue weighted by Gasteiger charge is 2.41. The summed E-state index contributed by atoms with van der Waals surface area (Å²) in [5, 5.41) is 0. The second-order valence-corrected chi connectivity index (χ2v) is 9.20. The summed E-state index contributed by atoms with van der Waals surface area (Å²) in [7, 11) is -3.87. The average Bonchev–Trinajstić information content (AvgIpc) is 3.23. The van der Waals surface area contributed by atoms with Crippen molar-refractivity contribution in [2.45, 2.75) is 17.5 Å². The largest absolute Gasteiger partial charge is 0.486 e. The number of carbonyl (C=O) groups excluding carboxylic acids is 1. The molecular weight excluding hydrogens is 402 g/mol. The van der Waals surface area contributed by atoms with E-state index in [1.54, 1.807) is 6.07 Å². The molecule has 28 heavy (non-hydrogen) atoms. The predicted octanol–water partition coefficient (Wildman–Crippen LogP) is 2.26. The summed E-state index contributed by atoms with van der Waals surface area (Å²) in [6.45, 7) is 0.903. The topological polar surface area (TPSA) is 82.1 Å². The Morgan fingerprint density at radius 1 is 1.11 bits per heavy atom. The third-order valence-corrected chi connectivity index (χ3v) is 7.48. The van der Waals surface area contributed by atoms with Gasteiger partial charge in [0.2, 0.25) is 10.0 Å². The normalized spacial score (nSPS) is 19.4. The van der Waals surface area contributed by atoms with Gasteiger partial charge in [0.15, 0.2) is 11.5 Å². The summed E-state index contributed by atoms with van der Waals surface area (Å²) in [6.07, 6.45) is 0. The van der Waals surface area contributed by atoms with Gasteiger partial charge in [-0.15, -0.1) is 11.8 Å². The molecule has 4 rings (SSSR count). The van der Waals surface area contributed by atoms with Crippen LogP contribution in [-0.2, 0) is 26.2 Å². The highest BCUT2D eigenvalue weighted by molar-refractivity contribution is 8.00. The lowest BCUT2D eigenvalue weighted by molar-refractivity contribution is -0.148. The Bertz CT molecular complexity index is 964. The molecule has 0 saturated carbocycles. The maximum absolute atomic E-state index is 13.1. The quantitative estimate of drug-likeness (QED) is 0.685. The molecule has 2 heterocycles. The molecule has 1 atom stereocenters. The van der Waals surface area contributed by atoms with E-state index in [1.807, 2.05) is 30.3 Å². The minimum absolute atomic E-state index is 0.0695. The first kappa shape index (κ1) is 19.1. The van der Waals surface area contributed by atoms with Gasteiger partial charge in [-0.25, -0.2) is 8.42 Å². The van der Waals surface area contributed by atoms with Gasteiger partial charge in [-0.05, 0) is 17.7 Å². The van der Waals surface area contributed by atoms with E-state index in [1.165, 1.54) is 28.2 Å². The SMILES string of the molecule is O=C(OCc1ccccc1)[C@H]1CSCN1S(=O)(=O)c1ccc2c(c1)OCCO2. The van der Waals surface area contributed by atoms with Crippen molar-refractivity contribution in [2.24, 2.45) is 0 Å². The number of thioether (sulfide) groups is 1.